The molecule has 0 amide bonds. The molecule has 51 heavy (non-hydrogen) atoms. The van der Waals surface area contributed by atoms with Crippen LogP contribution in [-0.4, -0.2) is 43.1 Å². The lowest BCUT2D eigenvalue weighted by atomic mass is 9.77. The number of benzene rings is 2. The Morgan fingerprint density at radius 3 is 2.27 bits per heavy atom. The van der Waals surface area contributed by atoms with Crippen LogP contribution in [-0.2, 0) is 5.41 Å². The van der Waals surface area contributed by atoms with E-state index in [9.17, 15) is 17.3 Å². The third-order valence-corrected chi connectivity index (χ3v) is 10.7. The number of unbranched alkanes of at least 4 members (excludes halogenated alkanes) is 1. The molecule has 3 nitrogen and oxygen atoms in total. The number of nitrogens with zero attached hydrogens (tertiary/aromatic N) is 2. The van der Waals surface area contributed by atoms with Gasteiger partial charge in [-0.25, -0.2) is 0 Å². The van der Waals surface area contributed by atoms with E-state index in [0.717, 1.165) is 50.9 Å². The monoisotopic (exact) mass is 700 g/mol. The molecule has 0 fully saturated rings. The molecule has 0 radical (unpaired) electrons. The lowest BCUT2D eigenvalue weighted by molar-refractivity contribution is -0.401. The Balaban J connectivity index is 0.000000943. The highest BCUT2D eigenvalue weighted by atomic mass is 19.5. The lowest BCUT2D eigenvalue weighted by Crippen LogP contribution is -2.26. The van der Waals surface area contributed by atoms with E-state index in [1.54, 1.807) is 0 Å². The largest absolute Gasteiger partial charge is 0.673 e. The molecular formula is C43H53BF4N2O. The molecule has 0 spiro atoms. The maximum atomic E-state index is 9.75. The van der Waals surface area contributed by atoms with E-state index in [2.05, 4.69) is 150 Å². The molecule has 2 aromatic carbocycles. The van der Waals surface area contributed by atoms with E-state index in [0.29, 0.717) is 5.92 Å². The minimum Gasteiger partial charge on any atom is -0.494 e. The van der Waals surface area contributed by atoms with Crippen molar-refractivity contribution in [2.24, 2.45) is 11.3 Å². The van der Waals surface area contributed by atoms with Crippen molar-refractivity contribution in [1.82, 2.24) is 4.90 Å². The van der Waals surface area contributed by atoms with Gasteiger partial charge >= 0.3 is 7.25 Å². The summed E-state index contributed by atoms with van der Waals surface area (Å²) in [7, 11) is -1.53. The fourth-order valence-electron chi connectivity index (χ4n) is 8.21. The zero-order valence-electron chi connectivity index (χ0n) is 31.5. The second kappa shape index (κ2) is 15.3. The van der Waals surface area contributed by atoms with E-state index in [4.69, 9.17) is 4.74 Å². The van der Waals surface area contributed by atoms with Crippen LogP contribution in [0.5, 0.6) is 5.75 Å². The Morgan fingerprint density at radius 1 is 0.941 bits per heavy atom. The summed E-state index contributed by atoms with van der Waals surface area (Å²) in [6.07, 6.45) is 21.0. The van der Waals surface area contributed by atoms with Crippen molar-refractivity contribution in [2.45, 2.75) is 85.5 Å². The molecule has 2 aliphatic carbocycles. The summed E-state index contributed by atoms with van der Waals surface area (Å²) in [4.78, 5) is 2.46. The van der Waals surface area contributed by atoms with Gasteiger partial charge in [0.1, 0.15) is 12.8 Å². The first-order valence-electron chi connectivity index (χ1n) is 18.3. The first-order chi connectivity index (χ1) is 24.0. The van der Waals surface area contributed by atoms with Crippen molar-refractivity contribution < 1.29 is 26.6 Å². The van der Waals surface area contributed by atoms with Gasteiger partial charge in [0.05, 0.1) is 12.0 Å². The quantitative estimate of drug-likeness (QED) is 0.118. The normalized spacial score (nSPS) is 22.6. The van der Waals surface area contributed by atoms with Crippen molar-refractivity contribution in [3.8, 4) is 5.75 Å². The minimum atomic E-state index is -6.00. The van der Waals surface area contributed by atoms with Crippen LogP contribution in [0.4, 0.5) is 23.0 Å². The smallest absolute Gasteiger partial charge is 0.494 e. The summed E-state index contributed by atoms with van der Waals surface area (Å²) in [6.45, 7) is 14.8. The summed E-state index contributed by atoms with van der Waals surface area (Å²) in [5, 5.41) is 0. The highest BCUT2D eigenvalue weighted by molar-refractivity contribution is 6.50. The van der Waals surface area contributed by atoms with Gasteiger partial charge in [0.25, 0.3) is 0 Å². The van der Waals surface area contributed by atoms with E-state index < -0.39 is 7.25 Å². The number of fused-ring (bicyclic) bond motifs is 1. The molecule has 1 atom stereocenters. The first-order valence-corrected chi connectivity index (χ1v) is 18.3. The SMILES string of the molecule is CCCCOc1ccc(C2=C(/C=C/C3=[N+](C)c4ccccc4C3(C)C)CC(C)C/C2=C\C=C2\N(C)C3=C(C=CCC3)C2(C)C)cc1.F[B-](F)(F)F. The molecule has 1 unspecified atom stereocenters. The lowest BCUT2D eigenvalue weighted by Gasteiger charge is -2.28. The number of hydrogen-bond donors (Lipinski definition) is 0. The number of rotatable bonds is 8. The fraction of sp³-hybridized carbons (Fsp3) is 0.419. The van der Waals surface area contributed by atoms with Gasteiger partial charge in [-0.2, -0.15) is 4.58 Å². The third kappa shape index (κ3) is 8.37. The van der Waals surface area contributed by atoms with Crippen LogP contribution < -0.4 is 4.74 Å². The standard InChI is InChI=1S/C43H53N2O.BF4/c1-9-10-27-46-34-23-19-31(20-24-34)41-32(21-25-39-42(3,4)35-15-11-13-17-37(35)44(39)7)28-30(2)29-33(41)22-26-40-43(5,6)36-16-12-14-18-38(36)45(40)8;2-1(3,4)5/h11-13,15-17,19-26,30H,9-10,14,18,27-29H2,1-8H3;/q+1;-1. The van der Waals surface area contributed by atoms with E-state index in [-0.39, 0.29) is 10.8 Å². The minimum absolute atomic E-state index is 0.00722. The zero-order valence-corrected chi connectivity index (χ0v) is 31.5. The van der Waals surface area contributed by atoms with Crippen molar-refractivity contribution in [1.29, 1.82) is 0 Å². The predicted molar refractivity (Wildman–Crippen MR) is 205 cm³/mol. The molecule has 0 saturated carbocycles. The summed E-state index contributed by atoms with van der Waals surface area (Å²) >= 11 is 0. The number of hydrogen-bond acceptors (Lipinski definition) is 2. The Labute approximate surface area is 302 Å². The van der Waals surface area contributed by atoms with Gasteiger partial charge in [-0.1, -0.05) is 88.8 Å². The molecule has 8 heteroatoms. The zero-order chi connectivity index (χ0) is 37.1. The van der Waals surface area contributed by atoms with Crippen molar-refractivity contribution >= 4 is 24.2 Å². The molecule has 4 aliphatic rings. The third-order valence-electron chi connectivity index (χ3n) is 10.7. The molecule has 2 aliphatic heterocycles. The number of allylic oxidation sites excluding steroid dienone is 11. The van der Waals surface area contributed by atoms with E-state index >= 15 is 0 Å². The van der Waals surface area contributed by atoms with Crippen molar-refractivity contribution in [2.75, 3.05) is 20.7 Å². The molecule has 0 saturated heterocycles. The average Bonchev–Trinajstić information content (AvgIpc) is 3.39. The fourth-order valence-corrected chi connectivity index (χ4v) is 8.21. The van der Waals surface area contributed by atoms with Crippen LogP contribution in [0, 0.1) is 11.3 Å². The van der Waals surface area contributed by atoms with Gasteiger partial charge in [0.15, 0.2) is 5.71 Å². The van der Waals surface area contributed by atoms with E-state index in [1.165, 1.54) is 56.2 Å². The van der Waals surface area contributed by atoms with Crippen LogP contribution in [0.1, 0.15) is 91.2 Å². The van der Waals surface area contributed by atoms with Crippen molar-refractivity contribution in [3.05, 3.63) is 124 Å². The number of para-hydroxylation sites is 1. The molecular weight excluding hydrogens is 647 g/mol. The maximum Gasteiger partial charge on any atom is 0.673 e. The van der Waals surface area contributed by atoms with Crippen molar-refractivity contribution in [3.63, 3.8) is 0 Å². The first kappa shape index (κ1) is 38.2. The molecule has 6 rings (SSSR count). The summed E-state index contributed by atoms with van der Waals surface area (Å²) in [5.74, 6) is 1.51. The topological polar surface area (TPSA) is 15.5 Å². The van der Waals surface area contributed by atoms with Gasteiger partial charge in [-0.05, 0) is 97.9 Å². The second-order valence-electron chi connectivity index (χ2n) is 15.3. The molecule has 2 aromatic rings. The highest BCUT2D eigenvalue weighted by Crippen LogP contribution is 2.50. The number of halogens is 4. The van der Waals surface area contributed by atoms with Gasteiger partial charge in [-0.3, -0.25) is 0 Å². The molecule has 0 bridgehead atoms. The Kier molecular flexibility index (Phi) is 11.4. The Bertz CT molecular complexity index is 1830. The molecule has 0 N–H and O–H groups in total. The molecule has 2 heterocycles. The molecule has 272 valence electrons. The van der Waals surface area contributed by atoms with Crippen LogP contribution in [0.15, 0.2) is 113 Å². The summed E-state index contributed by atoms with van der Waals surface area (Å²) in [5.41, 5.74) is 13.8. The summed E-state index contributed by atoms with van der Waals surface area (Å²) in [6, 6.07) is 17.7. The molecule has 0 aromatic heterocycles. The number of ether oxygens (including phenoxy) is 1. The average molecular weight is 701 g/mol. The highest BCUT2D eigenvalue weighted by Gasteiger charge is 2.43. The van der Waals surface area contributed by atoms with Crippen LogP contribution in [0.2, 0.25) is 0 Å². The van der Waals surface area contributed by atoms with E-state index in [1.807, 2.05) is 0 Å². The van der Waals surface area contributed by atoms with Crippen LogP contribution in [0.3, 0.4) is 0 Å². The maximum absolute atomic E-state index is 9.75. The second-order valence-corrected chi connectivity index (χ2v) is 15.3. The van der Waals surface area contributed by atoms with Crippen LogP contribution >= 0.6 is 0 Å². The summed E-state index contributed by atoms with van der Waals surface area (Å²) < 4.78 is 47.4. The van der Waals surface area contributed by atoms with Gasteiger partial charge in [0.2, 0.25) is 5.69 Å². The Hall–Kier alpha value is -4.07. The predicted octanol–water partition coefficient (Wildman–Crippen LogP) is 12.0. The van der Waals surface area contributed by atoms with Gasteiger partial charge in [0, 0.05) is 41.6 Å². The Morgan fingerprint density at radius 2 is 1.63 bits per heavy atom. The van der Waals surface area contributed by atoms with Crippen LogP contribution in [0.25, 0.3) is 5.57 Å². The van der Waals surface area contributed by atoms with Gasteiger partial charge in [-0.15, -0.1) is 0 Å². The van der Waals surface area contributed by atoms with Gasteiger partial charge < -0.3 is 26.9 Å².